The summed E-state index contributed by atoms with van der Waals surface area (Å²) in [5.74, 6) is 0.906. The molecule has 0 aliphatic carbocycles. The van der Waals surface area contributed by atoms with Crippen LogP contribution >= 0.6 is 31.9 Å². The molecule has 1 aromatic carbocycles. The zero-order chi connectivity index (χ0) is 10.1. The summed E-state index contributed by atoms with van der Waals surface area (Å²) in [6.07, 6.45) is 0.296. The fraction of sp³-hybridized carbons (Fsp3) is 0.400. The molecular formula is C10H10Br2O2. The smallest absolute Gasteiger partial charge is 0.136 e. The van der Waals surface area contributed by atoms with Crippen LogP contribution in [0.4, 0.5) is 0 Å². The standard InChI is InChI=1S/C10H10Br2O2/c1-6-2-7(11)3-9(12)10(6)14-5-8-4-13-8/h2-3,8H,4-5H2,1H3/t8-/m1/s1. The third-order valence-corrected chi connectivity index (χ3v) is 3.06. The summed E-state index contributed by atoms with van der Waals surface area (Å²) in [5, 5.41) is 0. The number of ether oxygens (including phenoxy) is 2. The first kappa shape index (κ1) is 10.5. The Bertz CT molecular complexity index is 325. The van der Waals surface area contributed by atoms with E-state index in [0.29, 0.717) is 12.7 Å². The van der Waals surface area contributed by atoms with E-state index in [4.69, 9.17) is 9.47 Å². The second-order valence-electron chi connectivity index (χ2n) is 3.30. The van der Waals surface area contributed by atoms with Gasteiger partial charge in [-0.1, -0.05) is 15.9 Å². The van der Waals surface area contributed by atoms with Gasteiger partial charge < -0.3 is 9.47 Å². The average molecular weight is 322 g/mol. The van der Waals surface area contributed by atoms with Crippen LogP contribution in [0.25, 0.3) is 0 Å². The van der Waals surface area contributed by atoms with Crippen LogP contribution in [0, 0.1) is 6.92 Å². The molecule has 76 valence electrons. The largest absolute Gasteiger partial charge is 0.489 e. The fourth-order valence-corrected chi connectivity index (χ4v) is 2.77. The molecular weight excluding hydrogens is 312 g/mol. The van der Waals surface area contributed by atoms with Crippen LogP contribution < -0.4 is 4.74 Å². The molecule has 1 heterocycles. The molecule has 0 aromatic heterocycles. The molecule has 2 rings (SSSR count). The van der Waals surface area contributed by atoms with Crippen LogP contribution in [0.2, 0.25) is 0 Å². The number of benzene rings is 1. The Morgan fingerprint density at radius 1 is 1.50 bits per heavy atom. The molecule has 2 nitrogen and oxygen atoms in total. The molecule has 1 saturated heterocycles. The van der Waals surface area contributed by atoms with Crippen LogP contribution in [0.5, 0.6) is 5.75 Å². The number of hydrogen-bond acceptors (Lipinski definition) is 2. The highest BCUT2D eigenvalue weighted by Crippen LogP contribution is 2.32. The van der Waals surface area contributed by atoms with E-state index in [1.165, 1.54) is 0 Å². The highest BCUT2D eigenvalue weighted by atomic mass is 79.9. The predicted octanol–water partition coefficient (Wildman–Crippen LogP) is 3.30. The van der Waals surface area contributed by atoms with Crippen molar-refractivity contribution in [3.05, 3.63) is 26.6 Å². The van der Waals surface area contributed by atoms with Crippen molar-refractivity contribution in [2.45, 2.75) is 13.0 Å². The number of rotatable bonds is 3. The summed E-state index contributed by atoms with van der Waals surface area (Å²) in [6.45, 7) is 3.49. The first-order valence-electron chi connectivity index (χ1n) is 4.37. The third kappa shape index (κ3) is 2.49. The SMILES string of the molecule is Cc1cc(Br)cc(Br)c1OC[C@H]1CO1. The zero-order valence-electron chi connectivity index (χ0n) is 7.72. The van der Waals surface area contributed by atoms with Crippen molar-refractivity contribution in [2.24, 2.45) is 0 Å². The second kappa shape index (κ2) is 4.21. The summed E-state index contributed by atoms with van der Waals surface area (Å²) in [5.41, 5.74) is 1.12. The van der Waals surface area contributed by atoms with Gasteiger partial charge in [0.1, 0.15) is 18.5 Å². The quantitative estimate of drug-likeness (QED) is 0.797. The topological polar surface area (TPSA) is 21.8 Å². The Balaban J connectivity index is 2.13. The number of halogens is 2. The van der Waals surface area contributed by atoms with Crippen molar-refractivity contribution in [3.63, 3.8) is 0 Å². The molecule has 14 heavy (non-hydrogen) atoms. The lowest BCUT2D eigenvalue weighted by Gasteiger charge is -2.10. The average Bonchev–Trinajstić information content (AvgIpc) is 2.85. The van der Waals surface area contributed by atoms with Gasteiger partial charge in [0.15, 0.2) is 0 Å². The van der Waals surface area contributed by atoms with Crippen molar-refractivity contribution < 1.29 is 9.47 Å². The van der Waals surface area contributed by atoms with E-state index in [1.54, 1.807) is 0 Å². The zero-order valence-corrected chi connectivity index (χ0v) is 10.9. The molecule has 0 amide bonds. The highest BCUT2D eigenvalue weighted by molar-refractivity contribution is 9.11. The van der Waals surface area contributed by atoms with E-state index >= 15 is 0 Å². The van der Waals surface area contributed by atoms with E-state index in [1.807, 2.05) is 19.1 Å². The van der Waals surface area contributed by atoms with Crippen LogP contribution in [0.15, 0.2) is 21.1 Å². The molecule has 0 N–H and O–H groups in total. The lowest BCUT2D eigenvalue weighted by molar-refractivity contribution is 0.260. The molecule has 0 unspecified atom stereocenters. The van der Waals surface area contributed by atoms with Crippen LogP contribution in [0.1, 0.15) is 5.56 Å². The second-order valence-corrected chi connectivity index (χ2v) is 5.07. The minimum absolute atomic E-state index is 0.296. The lowest BCUT2D eigenvalue weighted by Crippen LogP contribution is -2.05. The minimum atomic E-state index is 0.296. The maximum atomic E-state index is 5.65. The van der Waals surface area contributed by atoms with E-state index in [9.17, 15) is 0 Å². The Labute approximate surface area is 99.8 Å². The van der Waals surface area contributed by atoms with Gasteiger partial charge in [-0.05, 0) is 40.5 Å². The normalized spacial score (nSPS) is 19.5. The highest BCUT2D eigenvalue weighted by Gasteiger charge is 2.23. The first-order valence-corrected chi connectivity index (χ1v) is 5.95. The van der Waals surface area contributed by atoms with Gasteiger partial charge in [0.25, 0.3) is 0 Å². The van der Waals surface area contributed by atoms with Crippen molar-refractivity contribution in [2.75, 3.05) is 13.2 Å². The van der Waals surface area contributed by atoms with E-state index in [2.05, 4.69) is 31.9 Å². The summed E-state index contributed by atoms with van der Waals surface area (Å²) < 4.78 is 12.8. The summed E-state index contributed by atoms with van der Waals surface area (Å²) in [7, 11) is 0. The van der Waals surface area contributed by atoms with Gasteiger partial charge in [-0.3, -0.25) is 0 Å². The van der Waals surface area contributed by atoms with Crippen LogP contribution in [0.3, 0.4) is 0 Å². The predicted molar refractivity (Wildman–Crippen MR) is 61.8 cm³/mol. The molecule has 1 fully saturated rings. The fourth-order valence-electron chi connectivity index (χ4n) is 1.21. The Kier molecular flexibility index (Phi) is 3.14. The van der Waals surface area contributed by atoms with Gasteiger partial charge in [0, 0.05) is 4.47 Å². The third-order valence-electron chi connectivity index (χ3n) is 2.01. The Hall–Kier alpha value is -0.0600. The number of hydrogen-bond donors (Lipinski definition) is 0. The van der Waals surface area contributed by atoms with Crippen LogP contribution in [-0.4, -0.2) is 19.3 Å². The molecule has 1 aromatic rings. The molecule has 0 spiro atoms. The minimum Gasteiger partial charge on any atom is -0.489 e. The van der Waals surface area contributed by atoms with Gasteiger partial charge >= 0.3 is 0 Å². The molecule has 1 atom stereocenters. The molecule has 0 saturated carbocycles. The maximum Gasteiger partial charge on any atom is 0.136 e. The lowest BCUT2D eigenvalue weighted by atomic mass is 10.2. The Morgan fingerprint density at radius 2 is 2.21 bits per heavy atom. The van der Waals surface area contributed by atoms with Gasteiger partial charge in [-0.25, -0.2) is 0 Å². The van der Waals surface area contributed by atoms with E-state index in [-0.39, 0.29) is 0 Å². The monoisotopic (exact) mass is 320 g/mol. The van der Waals surface area contributed by atoms with Crippen molar-refractivity contribution in [1.82, 2.24) is 0 Å². The van der Waals surface area contributed by atoms with Gasteiger partial charge in [0.05, 0.1) is 11.1 Å². The van der Waals surface area contributed by atoms with Crippen LogP contribution in [-0.2, 0) is 4.74 Å². The van der Waals surface area contributed by atoms with E-state index in [0.717, 1.165) is 26.9 Å². The number of aryl methyl sites for hydroxylation is 1. The molecule has 0 radical (unpaired) electrons. The van der Waals surface area contributed by atoms with Gasteiger partial charge in [-0.2, -0.15) is 0 Å². The number of epoxide rings is 1. The summed E-state index contributed by atoms with van der Waals surface area (Å²) in [6, 6.07) is 4.02. The molecule has 1 aliphatic rings. The first-order chi connectivity index (χ1) is 6.66. The van der Waals surface area contributed by atoms with Crippen molar-refractivity contribution in [1.29, 1.82) is 0 Å². The maximum absolute atomic E-state index is 5.65. The van der Waals surface area contributed by atoms with Crippen molar-refractivity contribution in [3.8, 4) is 5.75 Å². The van der Waals surface area contributed by atoms with E-state index < -0.39 is 0 Å². The van der Waals surface area contributed by atoms with Gasteiger partial charge in [-0.15, -0.1) is 0 Å². The molecule has 1 aliphatic heterocycles. The van der Waals surface area contributed by atoms with Gasteiger partial charge in [0.2, 0.25) is 0 Å². The molecule has 0 bridgehead atoms. The van der Waals surface area contributed by atoms with Crippen molar-refractivity contribution >= 4 is 31.9 Å². The molecule has 4 heteroatoms. The summed E-state index contributed by atoms with van der Waals surface area (Å²) in [4.78, 5) is 0. The Morgan fingerprint density at radius 3 is 2.79 bits per heavy atom. The summed E-state index contributed by atoms with van der Waals surface area (Å²) >= 11 is 6.90.